The SMILES string of the molecule is O=C1N(C2CCC(O)CC2)CCC12CCCN(c1ccc(Br)cc1F)C2. The zero-order valence-electron chi connectivity index (χ0n) is 15.0. The number of carbonyl (C=O) groups is 1. The van der Waals surface area contributed by atoms with E-state index in [1.807, 2.05) is 6.07 Å². The molecule has 6 heteroatoms. The first-order valence-corrected chi connectivity index (χ1v) is 10.5. The third-order valence-electron chi connectivity index (χ3n) is 6.48. The number of hydrogen-bond donors (Lipinski definition) is 1. The second-order valence-electron chi connectivity index (χ2n) is 8.11. The fourth-order valence-electron chi connectivity index (χ4n) is 5.02. The van der Waals surface area contributed by atoms with Crippen LogP contribution >= 0.6 is 15.9 Å². The molecule has 1 saturated carbocycles. The van der Waals surface area contributed by atoms with E-state index in [1.54, 1.807) is 6.07 Å². The molecule has 142 valence electrons. The number of carbonyl (C=O) groups excluding carboxylic acids is 1. The van der Waals surface area contributed by atoms with Crippen LogP contribution in [0.5, 0.6) is 0 Å². The predicted molar refractivity (Wildman–Crippen MR) is 103 cm³/mol. The molecule has 1 aliphatic carbocycles. The summed E-state index contributed by atoms with van der Waals surface area (Å²) in [6, 6.07) is 5.42. The van der Waals surface area contributed by atoms with E-state index in [1.165, 1.54) is 6.07 Å². The van der Waals surface area contributed by atoms with E-state index in [9.17, 15) is 14.3 Å². The molecule has 1 N–H and O–H groups in total. The largest absolute Gasteiger partial charge is 0.393 e. The van der Waals surface area contributed by atoms with Gasteiger partial charge in [-0.3, -0.25) is 4.79 Å². The van der Waals surface area contributed by atoms with Gasteiger partial charge in [-0.05, 0) is 63.1 Å². The molecule has 2 heterocycles. The molecule has 4 rings (SSSR count). The van der Waals surface area contributed by atoms with E-state index in [0.29, 0.717) is 12.2 Å². The van der Waals surface area contributed by atoms with Gasteiger partial charge in [-0.15, -0.1) is 0 Å². The molecule has 2 aliphatic heterocycles. The average Bonchev–Trinajstić information content (AvgIpc) is 2.92. The lowest BCUT2D eigenvalue weighted by atomic mass is 9.78. The number of likely N-dealkylation sites (tertiary alicyclic amines) is 1. The van der Waals surface area contributed by atoms with Crippen LogP contribution in [0.2, 0.25) is 0 Å². The van der Waals surface area contributed by atoms with Crippen molar-refractivity contribution < 1.29 is 14.3 Å². The maximum atomic E-state index is 14.4. The van der Waals surface area contributed by atoms with Gasteiger partial charge in [-0.25, -0.2) is 4.39 Å². The Balaban J connectivity index is 1.50. The van der Waals surface area contributed by atoms with Crippen LogP contribution in [0.1, 0.15) is 44.9 Å². The molecular formula is C20H26BrFN2O2. The quantitative estimate of drug-likeness (QED) is 0.786. The molecule has 1 atom stereocenters. The first-order chi connectivity index (χ1) is 12.5. The van der Waals surface area contributed by atoms with E-state index in [2.05, 4.69) is 25.7 Å². The van der Waals surface area contributed by atoms with Crippen molar-refractivity contribution in [1.82, 2.24) is 4.90 Å². The molecule has 1 aromatic carbocycles. The van der Waals surface area contributed by atoms with E-state index in [-0.39, 0.29) is 29.3 Å². The van der Waals surface area contributed by atoms with Crippen molar-refractivity contribution in [3.8, 4) is 0 Å². The van der Waals surface area contributed by atoms with Gasteiger partial charge in [0.05, 0.1) is 17.2 Å². The minimum atomic E-state index is -0.367. The molecular weight excluding hydrogens is 399 g/mol. The Morgan fingerprint density at radius 3 is 2.65 bits per heavy atom. The fraction of sp³-hybridized carbons (Fsp3) is 0.650. The highest BCUT2D eigenvalue weighted by Crippen LogP contribution is 2.43. The molecule has 4 nitrogen and oxygen atoms in total. The Bertz CT molecular complexity index is 692. The molecule has 3 fully saturated rings. The lowest BCUT2D eigenvalue weighted by Gasteiger charge is -2.41. The minimum absolute atomic E-state index is 0.205. The molecule has 3 aliphatic rings. The Hall–Kier alpha value is -1.14. The summed E-state index contributed by atoms with van der Waals surface area (Å²) in [5, 5.41) is 9.74. The second-order valence-corrected chi connectivity index (χ2v) is 9.03. The lowest BCUT2D eigenvalue weighted by molar-refractivity contribution is -0.139. The summed E-state index contributed by atoms with van der Waals surface area (Å²) in [4.78, 5) is 17.4. The molecule has 26 heavy (non-hydrogen) atoms. The van der Waals surface area contributed by atoms with E-state index < -0.39 is 0 Å². The Morgan fingerprint density at radius 2 is 1.92 bits per heavy atom. The van der Waals surface area contributed by atoms with Crippen LogP contribution in [-0.4, -0.2) is 47.7 Å². The molecule has 1 amide bonds. The number of halogens is 2. The first kappa shape index (κ1) is 18.2. The van der Waals surface area contributed by atoms with Crippen molar-refractivity contribution in [2.45, 2.75) is 57.1 Å². The summed E-state index contributed by atoms with van der Waals surface area (Å²) in [6.07, 6.45) is 5.84. The molecule has 1 aromatic rings. The van der Waals surface area contributed by atoms with Crippen molar-refractivity contribution in [2.75, 3.05) is 24.5 Å². The highest BCUT2D eigenvalue weighted by atomic mass is 79.9. The number of anilines is 1. The number of piperidine rings is 1. The molecule has 1 unspecified atom stereocenters. The number of rotatable bonds is 2. The average molecular weight is 425 g/mol. The molecule has 0 bridgehead atoms. The summed E-state index contributed by atoms with van der Waals surface area (Å²) in [5.41, 5.74) is 0.229. The Morgan fingerprint density at radius 1 is 1.15 bits per heavy atom. The summed E-state index contributed by atoms with van der Waals surface area (Å²) >= 11 is 3.31. The first-order valence-electron chi connectivity index (χ1n) is 9.68. The highest BCUT2D eigenvalue weighted by Gasteiger charge is 2.50. The number of aliphatic hydroxyl groups is 1. The third kappa shape index (κ3) is 3.26. The van der Waals surface area contributed by atoms with Crippen LogP contribution in [-0.2, 0) is 4.79 Å². The van der Waals surface area contributed by atoms with Crippen LogP contribution in [0.4, 0.5) is 10.1 Å². The normalized spacial score (nSPS) is 32.5. The van der Waals surface area contributed by atoms with Crippen LogP contribution in [0, 0.1) is 11.2 Å². The number of aliphatic hydroxyl groups excluding tert-OH is 1. The van der Waals surface area contributed by atoms with E-state index in [0.717, 1.165) is 62.5 Å². The number of benzene rings is 1. The highest BCUT2D eigenvalue weighted by molar-refractivity contribution is 9.10. The van der Waals surface area contributed by atoms with Crippen LogP contribution in [0.25, 0.3) is 0 Å². The van der Waals surface area contributed by atoms with Gasteiger partial charge in [0, 0.05) is 30.1 Å². The summed E-state index contributed by atoms with van der Waals surface area (Å²) < 4.78 is 15.2. The Kier molecular flexibility index (Phi) is 4.99. The van der Waals surface area contributed by atoms with Crippen molar-refractivity contribution in [3.63, 3.8) is 0 Å². The minimum Gasteiger partial charge on any atom is -0.393 e. The zero-order valence-corrected chi connectivity index (χ0v) is 16.5. The summed E-state index contributed by atoms with van der Waals surface area (Å²) in [6.45, 7) is 2.20. The van der Waals surface area contributed by atoms with E-state index >= 15 is 0 Å². The Labute approximate surface area is 162 Å². The van der Waals surface area contributed by atoms with Gasteiger partial charge < -0.3 is 14.9 Å². The predicted octanol–water partition coefficient (Wildman–Crippen LogP) is 3.71. The second kappa shape index (κ2) is 7.12. The van der Waals surface area contributed by atoms with Gasteiger partial charge in [0.1, 0.15) is 5.82 Å². The molecule has 0 aromatic heterocycles. The van der Waals surface area contributed by atoms with Gasteiger partial charge in [0.2, 0.25) is 5.91 Å². The van der Waals surface area contributed by atoms with E-state index in [4.69, 9.17) is 0 Å². The van der Waals surface area contributed by atoms with Gasteiger partial charge in [0.25, 0.3) is 0 Å². The molecule has 1 spiro atoms. The number of hydrogen-bond acceptors (Lipinski definition) is 3. The van der Waals surface area contributed by atoms with Crippen molar-refractivity contribution in [2.24, 2.45) is 5.41 Å². The maximum absolute atomic E-state index is 14.4. The third-order valence-corrected chi connectivity index (χ3v) is 6.97. The van der Waals surface area contributed by atoms with Gasteiger partial charge in [0.15, 0.2) is 0 Å². The van der Waals surface area contributed by atoms with Gasteiger partial charge in [-0.2, -0.15) is 0 Å². The van der Waals surface area contributed by atoms with Gasteiger partial charge >= 0.3 is 0 Å². The topological polar surface area (TPSA) is 43.8 Å². The fourth-order valence-corrected chi connectivity index (χ4v) is 5.35. The number of amides is 1. The smallest absolute Gasteiger partial charge is 0.230 e. The summed E-state index contributed by atoms with van der Waals surface area (Å²) in [5.74, 6) is 0.0149. The number of nitrogens with zero attached hydrogens (tertiary/aromatic N) is 2. The molecule has 0 radical (unpaired) electrons. The standard InChI is InChI=1S/C20H26BrFN2O2/c21-14-2-7-18(17(22)12-14)23-10-1-8-20(13-23)9-11-24(19(20)26)15-3-5-16(25)6-4-15/h2,7,12,15-16,25H,1,3-6,8-11,13H2. The van der Waals surface area contributed by atoms with Crippen molar-refractivity contribution in [1.29, 1.82) is 0 Å². The van der Waals surface area contributed by atoms with Gasteiger partial charge in [-0.1, -0.05) is 15.9 Å². The van der Waals surface area contributed by atoms with Crippen molar-refractivity contribution in [3.05, 3.63) is 28.5 Å². The van der Waals surface area contributed by atoms with Crippen LogP contribution in [0.15, 0.2) is 22.7 Å². The van der Waals surface area contributed by atoms with Crippen LogP contribution in [0.3, 0.4) is 0 Å². The monoisotopic (exact) mass is 424 g/mol. The lowest BCUT2D eigenvalue weighted by Crippen LogP contribution is -2.50. The van der Waals surface area contributed by atoms with Crippen molar-refractivity contribution >= 4 is 27.5 Å². The summed E-state index contributed by atoms with van der Waals surface area (Å²) in [7, 11) is 0. The zero-order chi connectivity index (χ0) is 18.3. The molecule has 2 saturated heterocycles. The maximum Gasteiger partial charge on any atom is 0.230 e. The van der Waals surface area contributed by atoms with Crippen LogP contribution < -0.4 is 4.90 Å².